The molecule has 98 heavy (non-hydrogen) atoms. The molecule has 16 heteroatoms. The fourth-order valence-electron chi connectivity index (χ4n) is 10.2. The molecule has 508 valence electrons. The standard InChI is InChI=1S/C40H34F4O4.C38H30F4O4.2C2H6/c1-26-9-11-27(12-10-26)33-20-15-29(23-36(33)42)35-22-19-32(25-38(35)44)48-40(46)8-6-4-2-3-5-7-39(45)47-31-18-21-34(37(43)24-31)28-13-16-30(41)17-14-28;1-24-7-9-25(10-8-24)31-18-13-27(21-34(31)40)33-20-17-30(23-36(33)42)46-38(44)6-4-2-3-5-37(43)45-29-16-19-32(35(41)22-29)26-11-14-28(39)15-12-26;2*1-2/h9-25H,2-8H2,1H3;7-23H,2-6H2,1H3;2*1-2H3. The highest BCUT2D eigenvalue weighted by Gasteiger charge is 2.18. The van der Waals surface area contributed by atoms with E-state index in [2.05, 4.69) is 0 Å². The van der Waals surface area contributed by atoms with Crippen molar-refractivity contribution >= 4 is 23.9 Å². The first-order valence-electron chi connectivity index (χ1n) is 32.6. The average Bonchev–Trinajstić information content (AvgIpc) is 0.825. The molecule has 0 saturated heterocycles. The number of rotatable bonds is 24. The summed E-state index contributed by atoms with van der Waals surface area (Å²) in [5.74, 6) is -6.07. The molecule has 0 aromatic heterocycles. The summed E-state index contributed by atoms with van der Waals surface area (Å²) in [5.41, 5.74) is 7.05. The third-order valence-electron chi connectivity index (χ3n) is 15.3. The molecule has 0 unspecified atom stereocenters. The molecule has 0 spiro atoms. The molecule has 0 bridgehead atoms. The Balaban J connectivity index is 0.000000263. The number of carbonyl (C=O) groups excluding carboxylic acids is 4. The predicted octanol–water partition coefficient (Wildman–Crippen LogP) is 22.9. The molecule has 0 fully saturated rings. The minimum absolute atomic E-state index is 0.0317. The van der Waals surface area contributed by atoms with E-state index >= 15 is 0 Å². The number of hydrogen-bond donors (Lipinski definition) is 0. The number of halogens is 8. The highest BCUT2D eigenvalue weighted by Crippen LogP contribution is 2.35. The molecular weight excluding hydrogens is 1260 g/mol. The number of ether oxygens (including phenoxy) is 4. The molecule has 0 aliphatic carbocycles. The van der Waals surface area contributed by atoms with Gasteiger partial charge in [-0.1, -0.05) is 162 Å². The Morgan fingerprint density at radius 2 is 0.439 bits per heavy atom. The Hall–Kier alpha value is -10.5. The molecule has 10 aromatic rings. The van der Waals surface area contributed by atoms with Crippen molar-refractivity contribution in [3.63, 3.8) is 0 Å². The summed E-state index contributed by atoms with van der Waals surface area (Å²) in [6.07, 6.45) is 5.22. The monoisotopic (exact) mass is 1340 g/mol. The molecule has 0 aliphatic rings. The quantitative estimate of drug-likeness (QED) is 0.0255. The van der Waals surface area contributed by atoms with Crippen molar-refractivity contribution in [3.8, 4) is 89.8 Å². The van der Waals surface area contributed by atoms with Crippen molar-refractivity contribution in [1.82, 2.24) is 0 Å². The fraction of sp³-hybridized carbons (Fsp3) is 0.220. The van der Waals surface area contributed by atoms with Gasteiger partial charge in [0.2, 0.25) is 0 Å². The van der Waals surface area contributed by atoms with Crippen LogP contribution >= 0.6 is 0 Å². The Morgan fingerprint density at radius 1 is 0.245 bits per heavy atom. The second kappa shape index (κ2) is 37.7. The first kappa shape index (κ1) is 74.9. The first-order valence-corrected chi connectivity index (χ1v) is 32.6. The molecule has 0 saturated carbocycles. The molecule has 10 rings (SSSR count). The van der Waals surface area contributed by atoms with E-state index in [1.54, 1.807) is 24.3 Å². The molecule has 0 atom stereocenters. The van der Waals surface area contributed by atoms with Crippen LogP contribution in [0.25, 0.3) is 66.8 Å². The normalized spacial score (nSPS) is 10.6. The van der Waals surface area contributed by atoms with Crippen molar-refractivity contribution in [2.24, 2.45) is 0 Å². The molecular formula is C82H76F8O8. The lowest BCUT2D eigenvalue weighted by Crippen LogP contribution is -2.09. The number of esters is 4. The average molecular weight is 1340 g/mol. The van der Waals surface area contributed by atoms with Crippen LogP contribution in [0.15, 0.2) is 206 Å². The molecule has 8 nitrogen and oxygen atoms in total. The minimum atomic E-state index is -0.656. The van der Waals surface area contributed by atoms with Crippen LogP contribution in [0.2, 0.25) is 0 Å². The van der Waals surface area contributed by atoms with Gasteiger partial charge in [0.25, 0.3) is 0 Å². The number of benzene rings is 10. The number of unbranched alkanes of at least 4 members (excludes halogenated alkanes) is 6. The van der Waals surface area contributed by atoms with E-state index in [9.17, 15) is 54.3 Å². The minimum Gasteiger partial charge on any atom is -0.426 e. The van der Waals surface area contributed by atoms with Crippen molar-refractivity contribution in [1.29, 1.82) is 0 Å². The Bertz CT molecular complexity index is 4290. The lowest BCUT2D eigenvalue weighted by molar-refractivity contribution is -0.135. The first-order chi connectivity index (χ1) is 47.3. The van der Waals surface area contributed by atoms with Crippen molar-refractivity contribution in [2.75, 3.05) is 0 Å². The van der Waals surface area contributed by atoms with Crippen LogP contribution in [0.5, 0.6) is 23.0 Å². The van der Waals surface area contributed by atoms with E-state index in [1.165, 1.54) is 109 Å². The van der Waals surface area contributed by atoms with E-state index in [1.807, 2.05) is 90.1 Å². The fourth-order valence-corrected chi connectivity index (χ4v) is 10.2. The predicted molar refractivity (Wildman–Crippen MR) is 368 cm³/mol. The van der Waals surface area contributed by atoms with Gasteiger partial charge in [-0.2, -0.15) is 0 Å². The SMILES string of the molecule is CC.CC.Cc1ccc(-c2ccc(-c3ccc(OC(=O)CCCCCC(=O)Oc4ccc(-c5ccc(F)cc5)c(F)c4)cc3F)cc2F)cc1.Cc1ccc(-c2ccc(-c3ccc(OC(=O)CCCCCCCC(=O)Oc4ccc(-c5ccc(F)cc5)c(F)c4)cc3F)cc2F)cc1. The van der Waals surface area contributed by atoms with E-state index in [-0.39, 0.29) is 70.9 Å². The van der Waals surface area contributed by atoms with Gasteiger partial charge < -0.3 is 18.9 Å². The maximum atomic E-state index is 14.9. The van der Waals surface area contributed by atoms with Crippen LogP contribution in [0, 0.1) is 60.4 Å². The van der Waals surface area contributed by atoms with Crippen molar-refractivity contribution in [3.05, 3.63) is 264 Å². The van der Waals surface area contributed by atoms with Crippen molar-refractivity contribution < 1.29 is 73.2 Å². The van der Waals surface area contributed by atoms with Crippen LogP contribution in [-0.2, 0) is 19.2 Å². The van der Waals surface area contributed by atoms with Crippen LogP contribution in [-0.4, -0.2) is 23.9 Å². The third-order valence-corrected chi connectivity index (χ3v) is 15.3. The summed E-state index contributed by atoms with van der Waals surface area (Å²) in [4.78, 5) is 49.0. The molecule has 0 heterocycles. The summed E-state index contributed by atoms with van der Waals surface area (Å²) in [6, 6.07) is 51.0. The molecule has 0 radical (unpaired) electrons. The van der Waals surface area contributed by atoms with Crippen LogP contribution in [0.4, 0.5) is 35.1 Å². The second-order valence-corrected chi connectivity index (χ2v) is 22.4. The second-order valence-electron chi connectivity index (χ2n) is 22.4. The zero-order valence-electron chi connectivity index (χ0n) is 55.4. The molecule has 0 amide bonds. The smallest absolute Gasteiger partial charge is 0.311 e. The van der Waals surface area contributed by atoms with Gasteiger partial charge in [0, 0.05) is 83.3 Å². The Kier molecular flexibility index (Phi) is 28.8. The van der Waals surface area contributed by atoms with Gasteiger partial charge in [0.1, 0.15) is 69.5 Å². The summed E-state index contributed by atoms with van der Waals surface area (Å²) >= 11 is 0. The summed E-state index contributed by atoms with van der Waals surface area (Å²) in [7, 11) is 0. The van der Waals surface area contributed by atoms with E-state index in [0.29, 0.717) is 65.5 Å². The summed E-state index contributed by atoms with van der Waals surface area (Å²) in [5, 5.41) is 0. The largest absolute Gasteiger partial charge is 0.426 e. The summed E-state index contributed by atoms with van der Waals surface area (Å²) < 4.78 is 136. The zero-order chi connectivity index (χ0) is 70.7. The highest BCUT2D eigenvalue weighted by atomic mass is 19.2. The van der Waals surface area contributed by atoms with Gasteiger partial charge in [-0.05, 0) is 158 Å². The molecule has 10 aromatic carbocycles. The lowest BCUT2D eigenvalue weighted by atomic mass is 9.98. The van der Waals surface area contributed by atoms with Gasteiger partial charge >= 0.3 is 23.9 Å². The van der Waals surface area contributed by atoms with Gasteiger partial charge in [-0.25, -0.2) is 35.1 Å². The Labute approximate surface area is 566 Å². The lowest BCUT2D eigenvalue weighted by Gasteiger charge is -2.10. The Morgan fingerprint density at radius 3 is 0.684 bits per heavy atom. The van der Waals surface area contributed by atoms with Gasteiger partial charge in [0.05, 0.1) is 0 Å². The molecule has 0 aliphatic heterocycles. The number of hydrogen-bond acceptors (Lipinski definition) is 8. The zero-order valence-corrected chi connectivity index (χ0v) is 55.4. The molecule has 0 N–H and O–H groups in total. The number of carbonyl (C=O) groups is 4. The maximum absolute atomic E-state index is 14.9. The highest BCUT2D eigenvalue weighted by molar-refractivity contribution is 5.78. The van der Waals surface area contributed by atoms with Gasteiger partial charge in [0.15, 0.2) is 0 Å². The topological polar surface area (TPSA) is 105 Å². The third kappa shape index (κ3) is 22.3. The number of aryl methyl sites for hydroxylation is 2. The van der Waals surface area contributed by atoms with E-state index < -0.39 is 70.4 Å². The van der Waals surface area contributed by atoms with Gasteiger partial charge in [-0.15, -0.1) is 0 Å². The van der Waals surface area contributed by atoms with Gasteiger partial charge in [-0.3, -0.25) is 19.2 Å². The van der Waals surface area contributed by atoms with Crippen molar-refractivity contribution in [2.45, 2.75) is 119 Å². The summed E-state index contributed by atoms with van der Waals surface area (Å²) in [6.45, 7) is 11.9. The maximum Gasteiger partial charge on any atom is 0.311 e. The van der Waals surface area contributed by atoms with Crippen LogP contribution in [0.1, 0.15) is 116 Å². The van der Waals surface area contributed by atoms with Crippen LogP contribution < -0.4 is 18.9 Å². The van der Waals surface area contributed by atoms with E-state index in [0.717, 1.165) is 65.8 Å². The van der Waals surface area contributed by atoms with Crippen LogP contribution in [0.3, 0.4) is 0 Å². The van der Waals surface area contributed by atoms with E-state index in [4.69, 9.17) is 18.9 Å².